The van der Waals surface area contributed by atoms with E-state index in [1.54, 1.807) is 33.1 Å². The minimum absolute atomic E-state index is 0.305. The van der Waals surface area contributed by atoms with Crippen molar-refractivity contribution in [3.8, 4) is 28.7 Å². The second-order valence-corrected chi connectivity index (χ2v) is 7.41. The molecule has 0 saturated carbocycles. The van der Waals surface area contributed by atoms with Gasteiger partial charge in [-0.25, -0.2) is 0 Å². The summed E-state index contributed by atoms with van der Waals surface area (Å²) in [7, 11) is 6.35. The third-order valence-electron chi connectivity index (χ3n) is 5.45. The lowest BCUT2D eigenvalue weighted by Gasteiger charge is -2.20. The van der Waals surface area contributed by atoms with Crippen molar-refractivity contribution in [1.29, 1.82) is 0 Å². The Morgan fingerprint density at radius 2 is 1.50 bits per heavy atom. The number of aromatic nitrogens is 4. The van der Waals surface area contributed by atoms with E-state index < -0.39 is 0 Å². The maximum absolute atomic E-state index is 5.52. The zero-order valence-corrected chi connectivity index (χ0v) is 19.6. The van der Waals surface area contributed by atoms with E-state index in [1.165, 1.54) is 0 Å². The first kappa shape index (κ1) is 23.1. The van der Waals surface area contributed by atoms with Crippen LogP contribution in [0.5, 0.6) is 23.0 Å². The van der Waals surface area contributed by atoms with Crippen LogP contribution >= 0.6 is 0 Å². The largest absolute Gasteiger partial charge is 0.497 e. The van der Waals surface area contributed by atoms with Gasteiger partial charge in [0.05, 0.1) is 40.2 Å². The first-order valence-corrected chi connectivity index (χ1v) is 10.7. The molecule has 0 amide bonds. The number of methoxy groups -OCH3 is 4. The van der Waals surface area contributed by atoms with Crippen molar-refractivity contribution in [3.63, 3.8) is 0 Å². The summed E-state index contributed by atoms with van der Waals surface area (Å²) >= 11 is 0. The number of hydrogen-bond donors (Lipinski definition) is 1. The topological polar surface area (TPSA) is 92.6 Å². The Bertz CT molecular complexity index is 1190. The summed E-state index contributed by atoms with van der Waals surface area (Å²) in [4.78, 5) is 0. The van der Waals surface area contributed by atoms with Crippen molar-refractivity contribution in [1.82, 2.24) is 25.5 Å². The molecule has 9 heteroatoms. The van der Waals surface area contributed by atoms with Crippen LogP contribution in [0.1, 0.15) is 23.0 Å². The first-order chi connectivity index (χ1) is 16.7. The van der Waals surface area contributed by atoms with Crippen molar-refractivity contribution >= 4 is 0 Å². The third kappa shape index (κ3) is 4.79. The molecule has 0 aliphatic rings. The van der Waals surface area contributed by atoms with E-state index in [-0.39, 0.29) is 6.04 Å². The molecule has 0 spiro atoms. The molecule has 0 fully saturated rings. The lowest BCUT2D eigenvalue weighted by molar-refractivity contribution is 0.324. The summed E-state index contributed by atoms with van der Waals surface area (Å²) in [6, 6.07) is 21.3. The van der Waals surface area contributed by atoms with Crippen LogP contribution in [0.4, 0.5) is 0 Å². The van der Waals surface area contributed by atoms with E-state index in [0.717, 1.165) is 16.9 Å². The van der Waals surface area contributed by atoms with Crippen LogP contribution in [0.25, 0.3) is 5.69 Å². The van der Waals surface area contributed by atoms with Gasteiger partial charge in [-0.15, -0.1) is 5.10 Å². The summed E-state index contributed by atoms with van der Waals surface area (Å²) < 4.78 is 23.5. The summed E-state index contributed by atoms with van der Waals surface area (Å²) in [5.41, 5.74) is 2.81. The molecule has 0 aliphatic carbocycles. The second kappa shape index (κ2) is 10.7. The number of tetrazole rings is 1. The van der Waals surface area contributed by atoms with E-state index in [9.17, 15) is 0 Å². The molecule has 0 saturated heterocycles. The third-order valence-corrected chi connectivity index (χ3v) is 5.45. The smallest absolute Gasteiger partial charge is 0.203 e. The molecule has 4 rings (SSSR count). The number of ether oxygens (including phenoxy) is 4. The average molecular weight is 462 g/mol. The van der Waals surface area contributed by atoms with Gasteiger partial charge in [-0.05, 0) is 33.7 Å². The zero-order chi connectivity index (χ0) is 23.9. The Hall–Kier alpha value is -4.11. The number of hydrogen-bond acceptors (Lipinski definition) is 8. The van der Waals surface area contributed by atoms with E-state index >= 15 is 0 Å². The molecular weight excluding hydrogens is 434 g/mol. The van der Waals surface area contributed by atoms with Crippen LogP contribution < -0.4 is 24.3 Å². The van der Waals surface area contributed by atoms with Crippen LogP contribution in [0.3, 0.4) is 0 Å². The minimum Gasteiger partial charge on any atom is -0.497 e. The van der Waals surface area contributed by atoms with Gasteiger partial charge in [-0.3, -0.25) is 5.32 Å². The molecule has 0 aliphatic heterocycles. The predicted molar refractivity (Wildman–Crippen MR) is 127 cm³/mol. The van der Waals surface area contributed by atoms with Gasteiger partial charge in [0.15, 0.2) is 17.3 Å². The molecule has 176 valence electrons. The zero-order valence-electron chi connectivity index (χ0n) is 19.6. The van der Waals surface area contributed by atoms with Crippen LogP contribution in [-0.2, 0) is 6.54 Å². The van der Waals surface area contributed by atoms with Gasteiger partial charge in [0.1, 0.15) is 5.75 Å². The Balaban J connectivity index is 1.77. The molecule has 1 aromatic heterocycles. The number of rotatable bonds is 10. The van der Waals surface area contributed by atoms with Gasteiger partial charge < -0.3 is 18.9 Å². The van der Waals surface area contributed by atoms with Crippen molar-refractivity contribution < 1.29 is 18.9 Å². The number of benzene rings is 3. The highest BCUT2D eigenvalue weighted by Gasteiger charge is 2.24. The molecule has 1 heterocycles. The van der Waals surface area contributed by atoms with Gasteiger partial charge in [0, 0.05) is 18.7 Å². The van der Waals surface area contributed by atoms with E-state index in [0.29, 0.717) is 35.3 Å². The fourth-order valence-corrected chi connectivity index (χ4v) is 3.72. The molecule has 1 unspecified atom stereocenters. The van der Waals surface area contributed by atoms with Crippen LogP contribution in [0.2, 0.25) is 0 Å². The fraction of sp³-hybridized carbons (Fsp3) is 0.240. The Labute approximate surface area is 198 Å². The normalized spacial score (nSPS) is 11.6. The first-order valence-electron chi connectivity index (χ1n) is 10.7. The Morgan fingerprint density at radius 1 is 0.824 bits per heavy atom. The molecular formula is C25H27N5O4. The Kier molecular flexibility index (Phi) is 7.24. The van der Waals surface area contributed by atoms with Gasteiger partial charge in [0.25, 0.3) is 0 Å². The molecule has 0 radical (unpaired) electrons. The highest BCUT2D eigenvalue weighted by atomic mass is 16.5. The highest BCUT2D eigenvalue weighted by molar-refractivity contribution is 5.58. The SMILES string of the molecule is COc1ccc(C(NCc2ccccc2)c2nnnn2-c2cc(OC)c(OC)c(OC)c2)cc1. The van der Waals surface area contributed by atoms with E-state index in [2.05, 4.69) is 33.0 Å². The lowest BCUT2D eigenvalue weighted by Crippen LogP contribution is -2.25. The maximum Gasteiger partial charge on any atom is 0.203 e. The van der Waals surface area contributed by atoms with Gasteiger partial charge in [-0.1, -0.05) is 42.5 Å². The monoisotopic (exact) mass is 461 g/mol. The molecule has 9 nitrogen and oxygen atoms in total. The van der Waals surface area contributed by atoms with E-state index in [4.69, 9.17) is 18.9 Å². The minimum atomic E-state index is -0.305. The number of nitrogens with one attached hydrogen (secondary N) is 1. The standard InChI is InChI=1S/C25H27N5O4/c1-31-20-12-10-18(11-13-20)23(26-16-17-8-6-5-7-9-17)25-27-28-29-30(25)19-14-21(32-2)24(34-4)22(15-19)33-3/h5-15,23,26H,16H2,1-4H3. The van der Waals surface area contributed by atoms with Crippen molar-refractivity contribution in [3.05, 3.63) is 83.7 Å². The van der Waals surface area contributed by atoms with Gasteiger partial charge in [0.2, 0.25) is 5.75 Å². The van der Waals surface area contributed by atoms with E-state index in [1.807, 2.05) is 54.6 Å². The van der Waals surface area contributed by atoms with Crippen molar-refractivity contribution in [2.75, 3.05) is 28.4 Å². The van der Waals surface area contributed by atoms with Gasteiger partial charge >= 0.3 is 0 Å². The summed E-state index contributed by atoms with van der Waals surface area (Å²) in [6.07, 6.45) is 0. The molecule has 34 heavy (non-hydrogen) atoms. The molecule has 3 aromatic carbocycles. The van der Waals surface area contributed by atoms with Crippen LogP contribution in [-0.4, -0.2) is 48.6 Å². The molecule has 4 aromatic rings. The quantitative estimate of drug-likeness (QED) is 0.383. The van der Waals surface area contributed by atoms with Crippen molar-refractivity contribution in [2.45, 2.75) is 12.6 Å². The van der Waals surface area contributed by atoms with Crippen LogP contribution in [0, 0.1) is 0 Å². The average Bonchev–Trinajstić information content (AvgIpc) is 3.38. The van der Waals surface area contributed by atoms with Crippen LogP contribution in [0.15, 0.2) is 66.7 Å². The van der Waals surface area contributed by atoms with Gasteiger partial charge in [-0.2, -0.15) is 4.68 Å². The maximum atomic E-state index is 5.52. The predicted octanol–water partition coefficient (Wildman–Crippen LogP) is 3.58. The fourth-order valence-electron chi connectivity index (χ4n) is 3.72. The highest BCUT2D eigenvalue weighted by Crippen LogP contribution is 2.39. The van der Waals surface area contributed by atoms with Crippen molar-refractivity contribution in [2.24, 2.45) is 0 Å². The number of nitrogens with zero attached hydrogens (tertiary/aromatic N) is 4. The molecule has 0 bridgehead atoms. The summed E-state index contributed by atoms with van der Waals surface area (Å²) in [6.45, 7) is 0.625. The summed E-state index contributed by atoms with van der Waals surface area (Å²) in [5, 5.41) is 16.2. The summed E-state index contributed by atoms with van der Waals surface area (Å²) in [5.74, 6) is 2.90. The lowest BCUT2D eigenvalue weighted by atomic mass is 10.0. The second-order valence-electron chi connectivity index (χ2n) is 7.41. The molecule has 1 atom stereocenters. The Morgan fingerprint density at radius 3 is 2.09 bits per heavy atom. The molecule has 1 N–H and O–H groups in total.